The molecule has 2 aromatic rings. The largest absolute Gasteiger partial charge is 0.476 e. The average Bonchev–Trinajstić information content (AvgIpc) is 2.83. The van der Waals surface area contributed by atoms with Crippen LogP contribution in [-0.2, 0) is 13.0 Å². The monoisotopic (exact) mass is 246 g/mol. The van der Waals surface area contributed by atoms with Gasteiger partial charge in [-0.3, -0.25) is 0 Å². The third-order valence-corrected chi connectivity index (χ3v) is 2.77. The van der Waals surface area contributed by atoms with Crippen molar-refractivity contribution >= 4 is 5.97 Å². The molecule has 1 aromatic carbocycles. The Morgan fingerprint density at radius 1 is 1.33 bits per heavy atom. The zero-order chi connectivity index (χ0) is 13.1. The number of aliphatic hydroxyl groups is 1. The molecule has 0 fully saturated rings. The van der Waals surface area contributed by atoms with Gasteiger partial charge in [-0.1, -0.05) is 19.1 Å². The van der Waals surface area contributed by atoms with E-state index in [1.165, 1.54) is 16.4 Å². The zero-order valence-electron chi connectivity index (χ0n) is 10.00. The lowest BCUT2D eigenvalue weighted by Gasteiger charge is -2.02. The standard InChI is InChI=1S/C13H14N2O3/c1-2-9-3-5-11(6-4-9)15-7-10(8-16)12(14-15)13(17)18/h3-7,16H,2,8H2,1H3,(H,17,18). The van der Waals surface area contributed by atoms with Crippen molar-refractivity contribution in [3.05, 3.63) is 47.3 Å². The molecule has 0 aliphatic heterocycles. The Labute approximate surface area is 104 Å². The van der Waals surface area contributed by atoms with Gasteiger partial charge in [0.25, 0.3) is 0 Å². The van der Waals surface area contributed by atoms with Gasteiger partial charge in [0.1, 0.15) is 0 Å². The van der Waals surface area contributed by atoms with Crippen molar-refractivity contribution in [3.8, 4) is 5.69 Å². The van der Waals surface area contributed by atoms with Gasteiger partial charge >= 0.3 is 5.97 Å². The first kappa shape index (κ1) is 12.3. The van der Waals surface area contributed by atoms with Crippen molar-refractivity contribution in [2.24, 2.45) is 0 Å². The first-order valence-corrected chi connectivity index (χ1v) is 5.67. The Kier molecular flexibility index (Phi) is 3.43. The SMILES string of the molecule is CCc1ccc(-n2cc(CO)c(C(=O)O)n2)cc1. The second-order valence-corrected chi connectivity index (χ2v) is 3.93. The molecule has 0 unspecified atom stereocenters. The summed E-state index contributed by atoms with van der Waals surface area (Å²) in [6, 6.07) is 7.68. The quantitative estimate of drug-likeness (QED) is 0.859. The fraction of sp³-hybridized carbons (Fsp3) is 0.231. The van der Waals surface area contributed by atoms with Crippen LogP contribution in [-0.4, -0.2) is 26.0 Å². The number of benzene rings is 1. The Bertz CT molecular complexity index is 558. The number of aliphatic hydroxyl groups excluding tert-OH is 1. The number of carbonyl (C=O) groups is 1. The fourth-order valence-electron chi connectivity index (χ4n) is 1.72. The van der Waals surface area contributed by atoms with Crippen molar-refractivity contribution in [2.75, 3.05) is 0 Å². The molecule has 2 N–H and O–H groups in total. The number of nitrogens with zero attached hydrogens (tertiary/aromatic N) is 2. The minimum absolute atomic E-state index is 0.114. The summed E-state index contributed by atoms with van der Waals surface area (Å²) in [6.07, 6.45) is 2.48. The Balaban J connectivity index is 2.40. The highest BCUT2D eigenvalue weighted by atomic mass is 16.4. The topological polar surface area (TPSA) is 75.4 Å². The number of aromatic carboxylic acids is 1. The molecule has 0 aliphatic rings. The zero-order valence-corrected chi connectivity index (χ0v) is 10.00. The van der Waals surface area contributed by atoms with Gasteiger partial charge < -0.3 is 10.2 Å². The van der Waals surface area contributed by atoms with Crippen molar-refractivity contribution in [1.29, 1.82) is 0 Å². The maximum Gasteiger partial charge on any atom is 0.356 e. The molecule has 5 heteroatoms. The van der Waals surface area contributed by atoms with Crippen molar-refractivity contribution < 1.29 is 15.0 Å². The van der Waals surface area contributed by atoms with Crippen LogP contribution in [0.4, 0.5) is 0 Å². The Morgan fingerprint density at radius 3 is 2.44 bits per heavy atom. The molecule has 1 heterocycles. The first-order valence-electron chi connectivity index (χ1n) is 5.67. The highest BCUT2D eigenvalue weighted by molar-refractivity contribution is 5.87. The van der Waals surface area contributed by atoms with Gasteiger partial charge in [-0.25, -0.2) is 9.48 Å². The second kappa shape index (κ2) is 5.01. The summed E-state index contributed by atoms with van der Waals surface area (Å²) in [5, 5.41) is 22.0. The third kappa shape index (κ3) is 2.26. The molecule has 2 rings (SSSR count). The molecule has 0 spiro atoms. The Morgan fingerprint density at radius 2 is 2.00 bits per heavy atom. The molecule has 0 aliphatic carbocycles. The number of rotatable bonds is 4. The van der Waals surface area contributed by atoms with Crippen LogP contribution in [0.1, 0.15) is 28.5 Å². The fourth-order valence-corrected chi connectivity index (χ4v) is 1.72. The number of hydrogen-bond acceptors (Lipinski definition) is 3. The van der Waals surface area contributed by atoms with Gasteiger partial charge in [-0.2, -0.15) is 5.10 Å². The Hall–Kier alpha value is -2.14. The highest BCUT2D eigenvalue weighted by Crippen LogP contribution is 2.14. The number of carboxylic acid groups (broad SMARTS) is 1. The third-order valence-electron chi connectivity index (χ3n) is 2.77. The molecular formula is C13H14N2O3. The molecule has 94 valence electrons. The molecule has 0 atom stereocenters. The van der Waals surface area contributed by atoms with Gasteiger partial charge in [0.15, 0.2) is 5.69 Å². The van der Waals surface area contributed by atoms with E-state index in [0.717, 1.165) is 12.1 Å². The van der Waals surface area contributed by atoms with Gasteiger partial charge in [0.2, 0.25) is 0 Å². The maximum atomic E-state index is 10.9. The van der Waals surface area contributed by atoms with Gasteiger partial charge in [-0.15, -0.1) is 0 Å². The number of carboxylic acids is 1. The van der Waals surface area contributed by atoms with E-state index in [1.807, 2.05) is 24.3 Å². The molecule has 18 heavy (non-hydrogen) atoms. The molecule has 0 amide bonds. The minimum atomic E-state index is -1.14. The van der Waals surface area contributed by atoms with Crippen LogP contribution in [0.15, 0.2) is 30.5 Å². The van der Waals surface area contributed by atoms with Crippen LogP contribution in [0, 0.1) is 0 Å². The second-order valence-electron chi connectivity index (χ2n) is 3.93. The summed E-state index contributed by atoms with van der Waals surface area (Å²) >= 11 is 0. The van der Waals surface area contributed by atoms with E-state index in [9.17, 15) is 4.79 Å². The summed E-state index contributed by atoms with van der Waals surface area (Å²) < 4.78 is 1.47. The highest BCUT2D eigenvalue weighted by Gasteiger charge is 2.15. The van der Waals surface area contributed by atoms with E-state index in [4.69, 9.17) is 10.2 Å². The van der Waals surface area contributed by atoms with E-state index in [-0.39, 0.29) is 12.3 Å². The van der Waals surface area contributed by atoms with Crippen LogP contribution in [0.3, 0.4) is 0 Å². The number of aryl methyl sites for hydroxylation is 1. The van der Waals surface area contributed by atoms with Crippen molar-refractivity contribution in [3.63, 3.8) is 0 Å². The van der Waals surface area contributed by atoms with E-state index in [2.05, 4.69) is 12.0 Å². The lowest BCUT2D eigenvalue weighted by molar-refractivity contribution is 0.0686. The molecule has 0 saturated carbocycles. The smallest absolute Gasteiger partial charge is 0.356 e. The minimum Gasteiger partial charge on any atom is -0.476 e. The first-order chi connectivity index (χ1) is 8.65. The average molecular weight is 246 g/mol. The molecule has 0 radical (unpaired) electrons. The van der Waals surface area contributed by atoms with Crippen molar-refractivity contribution in [1.82, 2.24) is 9.78 Å². The van der Waals surface area contributed by atoms with Gasteiger partial charge in [-0.05, 0) is 24.1 Å². The predicted molar refractivity (Wildman–Crippen MR) is 65.8 cm³/mol. The lowest BCUT2D eigenvalue weighted by Crippen LogP contribution is -2.02. The van der Waals surface area contributed by atoms with E-state index in [0.29, 0.717) is 5.56 Å². The summed E-state index contributed by atoms with van der Waals surface area (Å²) in [5.74, 6) is -1.14. The van der Waals surface area contributed by atoms with Crippen LogP contribution >= 0.6 is 0 Å². The van der Waals surface area contributed by atoms with Gasteiger partial charge in [0.05, 0.1) is 12.3 Å². The van der Waals surface area contributed by atoms with Crippen LogP contribution < -0.4 is 0 Å². The predicted octanol–water partition coefficient (Wildman–Crippen LogP) is 1.63. The van der Waals surface area contributed by atoms with Crippen LogP contribution in [0.5, 0.6) is 0 Å². The van der Waals surface area contributed by atoms with E-state index in [1.54, 1.807) is 0 Å². The van der Waals surface area contributed by atoms with Crippen LogP contribution in [0.25, 0.3) is 5.69 Å². The van der Waals surface area contributed by atoms with E-state index < -0.39 is 5.97 Å². The summed E-state index contributed by atoms with van der Waals surface area (Å²) in [4.78, 5) is 10.9. The van der Waals surface area contributed by atoms with Crippen molar-refractivity contribution in [2.45, 2.75) is 20.0 Å². The molecular weight excluding hydrogens is 232 g/mol. The lowest BCUT2D eigenvalue weighted by atomic mass is 10.1. The number of hydrogen-bond donors (Lipinski definition) is 2. The summed E-state index contributed by atoms with van der Waals surface area (Å²) in [6.45, 7) is 1.73. The summed E-state index contributed by atoms with van der Waals surface area (Å²) in [5.41, 5.74) is 2.17. The molecule has 5 nitrogen and oxygen atoms in total. The van der Waals surface area contributed by atoms with E-state index >= 15 is 0 Å². The maximum absolute atomic E-state index is 10.9. The number of aromatic nitrogens is 2. The van der Waals surface area contributed by atoms with Gasteiger partial charge in [0, 0.05) is 11.8 Å². The molecule has 0 saturated heterocycles. The molecule has 0 bridgehead atoms. The molecule has 1 aromatic heterocycles. The van der Waals surface area contributed by atoms with Crippen LogP contribution in [0.2, 0.25) is 0 Å². The normalized spacial score (nSPS) is 10.6. The summed E-state index contributed by atoms with van der Waals surface area (Å²) in [7, 11) is 0.